The fraction of sp³-hybridized carbons (Fsp3) is 0.500. The first kappa shape index (κ1) is 13.8. The zero-order chi connectivity index (χ0) is 13.8. The number of aliphatic hydroxyl groups is 1. The zero-order valence-electron chi connectivity index (χ0n) is 11.0. The number of hydrogen-bond donors (Lipinski definition) is 1. The van der Waals surface area contributed by atoms with Crippen molar-refractivity contribution in [2.45, 2.75) is 38.8 Å². The van der Waals surface area contributed by atoms with E-state index in [4.69, 9.17) is 14.2 Å². The summed E-state index contributed by atoms with van der Waals surface area (Å²) in [6.07, 6.45) is -1.52. The zero-order valence-corrected chi connectivity index (χ0v) is 11.0. The molecule has 1 aromatic carbocycles. The van der Waals surface area contributed by atoms with Crippen molar-refractivity contribution in [3.8, 4) is 5.75 Å². The van der Waals surface area contributed by atoms with E-state index in [2.05, 4.69) is 0 Å². The molecule has 1 aromatic rings. The van der Waals surface area contributed by atoms with Crippen molar-refractivity contribution < 1.29 is 24.1 Å². The van der Waals surface area contributed by atoms with Gasteiger partial charge in [-0.15, -0.1) is 0 Å². The minimum absolute atomic E-state index is 0.277. The molecule has 0 spiro atoms. The van der Waals surface area contributed by atoms with Crippen molar-refractivity contribution in [2.75, 3.05) is 6.61 Å². The van der Waals surface area contributed by atoms with Crippen LogP contribution in [0.4, 0.5) is 0 Å². The van der Waals surface area contributed by atoms with Crippen molar-refractivity contribution in [3.63, 3.8) is 0 Å². The normalized spacial score (nSPS) is 26.2. The summed E-state index contributed by atoms with van der Waals surface area (Å²) in [6.45, 7) is 3.63. The van der Waals surface area contributed by atoms with Crippen molar-refractivity contribution in [2.24, 2.45) is 0 Å². The lowest BCUT2D eigenvalue weighted by atomic mass is 10.2. The van der Waals surface area contributed by atoms with E-state index in [-0.39, 0.29) is 6.10 Å². The number of carbonyl (C=O) groups excluding carboxylic acids is 1. The summed E-state index contributed by atoms with van der Waals surface area (Å²) < 4.78 is 15.8. The van der Waals surface area contributed by atoms with E-state index in [0.29, 0.717) is 13.0 Å². The highest BCUT2D eigenvalue weighted by Crippen LogP contribution is 2.23. The Morgan fingerprint density at radius 1 is 1.42 bits per heavy atom. The van der Waals surface area contributed by atoms with Crippen LogP contribution in [-0.4, -0.2) is 36.2 Å². The fourth-order valence-corrected chi connectivity index (χ4v) is 1.97. The second-order valence-electron chi connectivity index (χ2n) is 4.66. The topological polar surface area (TPSA) is 65.0 Å². The van der Waals surface area contributed by atoms with Crippen molar-refractivity contribution in [1.82, 2.24) is 0 Å². The van der Waals surface area contributed by atoms with Crippen LogP contribution in [0.15, 0.2) is 24.3 Å². The molecule has 5 heteroatoms. The molecule has 0 radical (unpaired) electrons. The smallest absolute Gasteiger partial charge is 0.303 e. The maximum Gasteiger partial charge on any atom is 0.303 e. The van der Waals surface area contributed by atoms with Crippen LogP contribution < -0.4 is 4.74 Å². The van der Waals surface area contributed by atoms with E-state index in [1.807, 2.05) is 31.2 Å². The van der Waals surface area contributed by atoms with E-state index in [1.54, 1.807) is 0 Å². The largest absolute Gasteiger partial charge is 0.491 e. The van der Waals surface area contributed by atoms with E-state index < -0.39 is 18.4 Å². The Labute approximate surface area is 112 Å². The third kappa shape index (κ3) is 3.94. The minimum atomic E-state index is -1.07. The molecule has 1 aliphatic heterocycles. The fourth-order valence-electron chi connectivity index (χ4n) is 1.97. The summed E-state index contributed by atoms with van der Waals surface area (Å²) in [5.74, 6) is 0.326. The van der Waals surface area contributed by atoms with Gasteiger partial charge in [-0.25, -0.2) is 0 Å². The third-order valence-corrected chi connectivity index (χ3v) is 2.92. The molecule has 2 rings (SSSR count). The molecule has 19 heavy (non-hydrogen) atoms. The Bertz CT molecular complexity index is 428. The molecule has 1 N–H and O–H groups in total. The summed E-state index contributed by atoms with van der Waals surface area (Å²) in [5, 5.41) is 9.59. The molecule has 0 amide bonds. The molecule has 0 bridgehead atoms. The van der Waals surface area contributed by atoms with Crippen LogP contribution in [0.25, 0.3) is 0 Å². The van der Waals surface area contributed by atoms with Gasteiger partial charge in [-0.3, -0.25) is 4.79 Å². The molecule has 104 valence electrons. The van der Waals surface area contributed by atoms with E-state index >= 15 is 0 Å². The number of benzene rings is 1. The number of carbonyl (C=O) groups is 1. The van der Waals surface area contributed by atoms with Gasteiger partial charge in [0.25, 0.3) is 0 Å². The number of ether oxygens (including phenoxy) is 3. The van der Waals surface area contributed by atoms with Gasteiger partial charge >= 0.3 is 5.97 Å². The molecule has 5 nitrogen and oxygen atoms in total. The molecule has 0 saturated carbocycles. The second kappa shape index (κ2) is 6.04. The summed E-state index contributed by atoms with van der Waals surface area (Å²) in [7, 11) is 0. The molecule has 1 heterocycles. The molecular weight excluding hydrogens is 248 g/mol. The number of esters is 1. The standard InChI is InChI=1S/C14H18O5/c1-9-3-5-11(6-4-9)17-8-12-7-13(14(16)19-12)18-10(2)15/h3-6,12-14,16H,7-8H2,1-2H3/t12-,13+,14?/m0/s1. The average molecular weight is 266 g/mol. The van der Waals surface area contributed by atoms with E-state index in [1.165, 1.54) is 6.92 Å². The Hall–Kier alpha value is -1.59. The summed E-state index contributed by atoms with van der Waals surface area (Å²) in [5.41, 5.74) is 1.16. The first-order valence-electron chi connectivity index (χ1n) is 6.25. The van der Waals surface area contributed by atoms with Gasteiger partial charge < -0.3 is 19.3 Å². The van der Waals surface area contributed by atoms with Gasteiger partial charge in [0.2, 0.25) is 0 Å². The van der Waals surface area contributed by atoms with Crippen LogP contribution >= 0.6 is 0 Å². The molecular formula is C14H18O5. The first-order chi connectivity index (χ1) is 9.04. The number of rotatable bonds is 4. The highest BCUT2D eigenvalue weighted by Gasteiger charge is 2.36. The van der Waals surface area contributed by atoms with Crippen LogP contribution in [0.5, 0.6) is 5.75 Å². The minimum Gasteiger partial charge on any atom is -0.491 e. The number of aliphatic hydroxyl groups excluding tert-OH is 1. The number of aryl methyl sites for hydroxylation is 1. The van der Waals surface area contributed by atoms with E-state index in [0.717, 1.165) is 11.3 Å². The Kier molecular flexibility index (Phi) is 4.39. The van der Waals surface area contributed by atoms with Gasteiger partial charge in [0, 0.05) is 13.3 Å². The summed E-state index contributed by atoms with van der Waals surface area (Å²) in [4.78, 5) is 10.8. The van der Waals surface area contributed by atoms with E-state index in [9.17, 15) is 9.90 Å². The third-order valence-electron chi connectivity index (χ3n) is 2.92. The van der Waals surface area contributed by atoms with Crippen LogP contribution in [0.2, 0.25) is 0 Å². The van der Waals surface area contributed by atoms with Crippen molar-refractivity contribution in [1.29, 1.82) is 0 Å². The lowest BCUT2D eigenvalue weighted by Gasteiger charge is -2.11. The predicted octanol–water partition coefficient (Wildman–Crippen LogP) is 1.41. The maximum atomic E-state index is 10.8. The first-order valence-corrected chi connectivity index (χ1v) is 6.25. The quantitative estimate of drug-likeness (QED) is 0.835. The summed E-state index contributed by atoms with van der Waals surface area (Å²) >= 11 is 0. The molecule has 3 atom stereocenters. The number of hydrogen-bond acceptors (Lipinski definition) is 5. The maximum absolute atomic E-state index is 10.8. The molecule has 1 unspecified atom stereocenters. The van der Waals surface area contributed by atoms with Crippen molar-refractivity contribution in [3.05, 3.63) is 29.8 Å². The SMILES string of the molecule is CC(=O)O[C@@H]1C[C@@H](COc2ccc(C)cc2)OC1O. The van der Waals surface area contributed by atoms with Gasteiger partial charge in [-0.2, -0.15) is 0 Å². The van der Waals surface area contributed by atoms with Gasteiger partial charge in [0.1, 0.15) is 12.4 Å². The van der Waals surface area contributed by atoms with Gasteiger partial charge in [0.15, 0.2) is 12.4 Å². The monoisotopic (exact) mass is 266 g/mol. The second-order valence-corrected chi connectivity index (χ2v) is 4.66. The van der Waals surface area contributed by atoms with Gasteiger partial charge in [-0.1, -0.05) is 17.7 Å². The predicted molar refractivity (Wildman–Crippen MR) is 67.7 cm³/mol. The van der Waals surface area contributed by atoms with Crippen LogP contribution in [0, 0.1) is 6.92 Å². The van der Waals surface area contributed by atoms with Crippen LogP contribution in [0.3, 0.4) is 0 Å². The molecule has 0 aromatic heterocycles. The highest BCUT2D eigenvalue weighted by atomic mass is 16.7. The van der Waals surface area contributed by atoms with Gasteiger partial charge in [0.05, 0.1) is 6.10 Å². The lowest BCUT2D eigenvalue weighted by molar-refractivity contribution is -0.168. The Balaban J connectivity index is 1.81. The average Bonchev–Trinajstić information content (AvgIpc) is 2.69. The molecule has 1 fully saturated rings. The lowest BCUT2D eigenvalue weighted by Crippen LogP contribution is -2.25. The van der Waals surface area contributed by atoms with Crippen LogP contribution in [0.1, 0.15) is 18.9 Å². The molecule has 1 saturated heterocycles. The van der Waals surface area contributed by atoms with Crippen molar-refractivity contribution >= 4 is 5.97 Å². The Morgan fingerprint density at radius 2 is 2.11 bits per heavy atom. The highest BCUT2D eigenvalue weighted by molar-refractivity contribution is 5.66. The van der Waals surface area contributed by atoms with Gasteiger partial charge in [-0.05, 0) is 19.1 Å². The summed E-state index contributed by atoms with van der Waals surface area (Å²) in [6, 6.07) is 7.68. The van der Waals surface area contributed by atoms with Crippen LogP contribution in [-0.2, 0) is 14.3 Å². The Morgan fingerprint density at radius 3 is 2.74 bits per heavy atom. The molecule has 0 aliphatic carbocycles. The molecule has 1 aliphatic rings.